The standard InChI is InChI=1S/C13H18BrN3O4S.ClH/c1-8-11(14)5-10(6-13(8)17(18)19)22(20,21)16-12-4-2-3-9(12)7-15;/h5-6,9,12,16H,2-4,7,15H2,1H3;1H. The molecule has 0 radical (unpaired) electrons. The first-order chi connectivity index (χ1) is 10.3. The summed E-state index contributed by atoms with van der Waals surface area (Å²) in [6.45, 7) is 1.98. The topological polar surface area (TPSA) is 115 Å². The van der Waals surface area contributed by atoms with Crippen molar-refractivity contribution in [2.45, 2.75) is 37.1 Å². The normalized spacial score (nSPS) is 21.0. The molecule has 0 saturated heterocycles. The van der Waals surface area contributed by atoms with Crippen molar-refractivity contribution in [1.82, 2.24) is 4.72 Å². The summed E-state index contributed by atoms with van der Waals surface area (Å²) >= 11 is 3.18. The lowest BCUT2D eigenvalue weighted by Crippen LogP contribution is -2.39. The molecule has 1 aromatic rings. The first-order valence-electron chi connectivity index (χ1n) is 6.93. The molecule has 2 rings (SSSR count). The maximum absolute atomic E-state index is 12.5. The third-order valence-corrected chi connectivity index (χ3v) is 6.36. The van der Waals surface area contributed by atoms with E-state index in [1.807, 2.05) is 0 Å². The lowest BCUT2D eigenvalue weighted by molar-refractivity contribution is -0.385. The van der Waals surface area contributed by atoms with Gasteiger partial charge in [-0.05, 0) is 38.3 Å². The molecule has 1 saturated carbocycles. The monoisotopic (exact) mass is 427 g/mol. The van der Waals surface area contributed by atoms with E-state index in [1.165, 1.54) is 6.07 Å². The second-order valence-corrected chi connectivity index (χ2v) is 8.03. The van der Waals surface area contributed by atoms with Crippen molar-refractivity contribution in [3.05, 3.63) is 32.3 Å². The highest BCUT2D eigenvalue weighted by atomic mass is 79.9. The number of nitro groups is 1. The number of nitrogens with two attached hydrogens (primary N) is 1. The molecule has 7 nitrogen and oxygen atoms in total. The fourth-order valence-corrected chi connectivity index (χ4v) is 4.71. The first-order valence-corrected chi connectivity index (χ1v) is 9.21. The van der Waals surface area contributed by atoms with E-state index in [1.54, 1.807) is 6.92 Å². The second-order valence-electron chi connectivity index (χ2n) is 5.46. The van der Waals surface area contributed by atoms with Gasteiger partial charge in [-0.3, -0.25) is 10.1 Å². The molecule has 1 aromatic carbocycles. The van der Waals surface area contributed by atoms with Crippen molar-refractivity contribution in [2.24, 2.45) is 11.7 Å². The van der Waals surface area contributed by atoms with Crippen LogP contribution in [0.3, 0.4) is 0 Å². The van der Waals surface area contributed by atoms with Crippen molar-refractivity contribution < 1.29 is 13.3 Å². The third kappa shape index (κ3) is 4.42. The zero-order chi connectivity index (χ0) is 16.5. The summed E-state index contributed by atoms with van der Waals surface area (Å²) in [6, 6.07) is 2.26. The number of sulfonamides is 1. The summed E-state index contributed by atoms with van der Waals surface area (Å²) in [5, 5.41) is 11.0. The molecular formula is C13H19BrClN3O4S. The van der Waals surface area contributed by atoms with Crippen LogP contribution in [0.1, 0.15) is 24.8 Å². The van der Waals surface area contributed by atoms with E-state index < -0.39 is 14.9 Å². The molecular weight excluding hydrogens is 410 g/mol. The minimum Gasteiger partial charge on any atom is -0.330 e. The van der Waals surface area contributed by atoms with Crippen molar-refractivity contribution in [3.63, 3.8) is 0 Å². The molecule has 0 spiro atoms. The van der Waals surface area contributed by atoms with Crippen LogP contribution in [0.15, 0.2) is 21.5 Å². The second kappa shape index (κ2) is 7.89. The average molecular weight is 429 g/mol. The van der Waals surface area contributed by atoms with Gasteiger partial charge in [0, 0.05) is 22.1 Å². The summed E-state index contributed by atoms with van der Waals surface area (Å²) in [7, 11) is -3.82. The predicted octanol–water partition coefficient (Wildman–Crippen LogP) is 2.49. The van der Waals surface area contributed by atoms with Gasteiger partial charge in [-0.1, -0.05) is 22.4 Å². The number of hydrogen-bond donors (Lipinski definition) is 2. The maximum atomic E-state index is 12.5. The van der Waals surface area contributed by atoms with Crippen LogP contribution in [0.5, 0.6) is 0 Å². The Morgan fingerprint density at radius 3 is 2.65 bits per heavy atom. The number of hydrogen-bond acceptors (Lipinski definition) is 5. The Balaban J connectivity index is 0.00000264. The smallest absolute Gasteiger partial charge is 0.274 e. The summed E-state index contributed by atoms with van der Waals surface area (Å²) in [6.07, 6.45) is 2.55. The van der Waals surface area contributed by atoms with E-state index in [4.69, 9.17) is 5.73 Å². The molecule has 0 aromatic heterocycles. The molecule has 23 heavy (non-hydrogen) atoms. The Hall–Kier alpha value is -0.740. The zero-order valence-electron chi connectivity index (χ0n) is 12.5. The maximum Gasteiger partial charge on any atom is 0.274 e. The molecule has 2 unspecified atom stereocenters. The van der Waals surface area contributed by atoms with Gasteiger partial charge in [0.2, 0.25) is 10.0 Å². The molecule has 0 amide bonds. The molecule has 3 N–H and O–H groups in total. The average Bonchev–Trinajstić information content (AvgIpc) is 2.87. The molecule has 10 heteroatoms. The van der Waals surface area contributed by atoms with Crippen molar-refractivity contribution in [3.8, 4) is 0 Å². The van der Waals surface area contributed by atoms with E-state index in [-0.39, 0.29) is 34.9 Å². The highest BCUT2D eigenvalue weighted by Crippen LogP contribution is 2.31. The Kier molecular flexibility index (Phi) is 6.96. The number of nitrogens with one attached hydrogen (secondary N) is 1. The van der Waals surface area contributed by atoms with Crippen LogP contribution in [0.2, 0.25) is 0 Å². The van der Waals surface area contributed by atoms with Gasteiger partial charge >= 0.3 is 0 Å². The van der Waals surface area contributed by atoms with Crippen molar-refractivity contribution >= 4 is 44.0 Å². The highest BCUT2D eigenvalue weighted by Gasteiger charge is 2.31. The molecule has 2 atom stereocenters. The molecule has 0 heterocycles. The first kappa shape index (κ1) is 20.3. The Morgan fingerprint density at radius 1 is 1.43 bits per heavy atom. The van der Waals surface area contributed by atoms with E-state index in [0.717, 1.165) is 25.3 Å². The number of benzene rings is 1. The largest absolute Gasteiger partial charge is 0.330 e. The molecule has 1 fully saturated rings. The van der Waals surface area contributed by atoms with Gasteiger partial charge in [-0.25, -0.2) is 13.1 Å². The number of rotatable bonds is 5. The summed E-state index contributed by atoms with van der Waals surface area (Å²) in [5.74, 6) is 0.110. The quantitative estimate of drug-likeness (QED) is 0.552. The summed E-state index contributed by atoms with van der Waals surface area (Å²) in [5.41, 5.74) is 5.83. The molecule has 0 aliphatic heterocycles. The lowest BCUT2D eigenvalue weighted by atomic mass is 10.1. The fraction of sp³-hybridized carbons (Fsp3) is 0.538. The molecule has 1 aliphatic carbocycles. The van der Waals surface area contributed by atoms with Gasteiger partial charge < -0.3 is 5.73 Å². The number of nitrogens with zero attached hydrogens (tertiary/aromatic N) is 1. The summed E-state index contributed by atoms with van der Waals surface area (Å²) in [4.78, 5) is 10.4. The highest BCUT2D eigenvalue weighted by molar-refractivity contribution is 9.10. The minimum atomic E-state index is -3.82. The Labute approximate surface area is 149 Å². The number of nitro benzene ring substituents is 1. The number of halogens is 2. The van der Waals surface area contributed by atoms with Gasteiger partial charge in [0.25, 0.3) is 5.69 Å². The Bertz CT molecular complexity index is 699. The summed E-state index contributed by atoms with van der Waals surface area (Å²) < 4.78 is 28.0. The van der Waals surface area contributed by atoms with E-state index in [0.29, 0.717) is 16.6 Å². The zero-order valence-corrected chi connectivity index (χ0v) is 15.7. The third-order valence-electron chi connectivity index (χ3n) is 4.07. The van der Waals surface area contributed by atoms with Crippen LogP contribution in [0, 0.1) is 23.0 Å². The van der Waals surface area contributed by atoms with Crippen molar-refractivity contribution in [1.29, 1.82) is 0 Å². The van der Waals surface area contributed by atoms with E-state index >= 15 is 0 Å². The van der Waals surface area contributed by atoms with Crippen LogP contribution in [0.4, 0.5) is 5.69 Å². The van der Waals surface area contributed by atoms with Gasteiger partial charge in [0.1, 0.15) is 0 Å². The van der Waals surface area contributed by atoms with Gasteiger partial charge in [-0.2, -0.15) is 0 Å². The lowest BCUT2D eigenvalue weighted by Gasteiger charge is -2.19. The minimum absolute atomic E-state index is 0. The van der Waals surface area contributed by atoms with Gasteiger partial charge in [-0.15, -0.1) is 12.4 Å². The van der Waals surface area contributed by atoms with Crippen LogP contribution in [-0.2, 0) is 10.0 Å². The van der Waals surface area contributed by atoms with E-state index in [2.05, 4.69) is 20.7 Å². The molecule has 1 aliphatic rings. The van der Waals surface area contributed by atoms with Crippen LogP contribution < -0.4 is 10.5 Å². The van der Waals surface area contributed by atoms with Gasteiger partial charge in [0.15, 0.2) is 0 Å². The van der Waals surface area contributed by atoms with Crippen LogP contribution in [-0.4, -0.2) is 25.9 Å². The molecule has 0 bridgehead atoms. The predicted molar refractivity (Wildman–Crippen MR) is 93.3 cm³/mol. The van der Waals surface area contributed by atoms with Crippen molar-refractivity contribution in [2.75, 3.05) is 6.54 Å². The van der Waals surface area contributed by atoms with Gasteiger partial charge in [0.05, 0.1) is 9.82 Å². The van der Waals surface area contributed by atoms with Crippen LogP contribution >= 0.6 is 28.3 Å². The Morgan fingerprint density at radius 2 is 2.09 bits per heavy atom. The van der Waals surface area contributed by atoms with Crippen LogP contribution in [0.25, 0.3) is 0 Å². The van der Waals surface area contributed by atoms with E-state index in [9.17, 15) is 18.5 Å². The fourth-order valence-electron chi connectivity index (χ4n) is 2.73. The SMILES string of the molecule is Cc1c(Br)cc(S(=O)(=O)NC2CCCC2CN)cc1[N+](=O)[O-].Cl. The molecule has 130 valence electrons.